The van der Waals surface area contributed by atoms with E-state index in [9.17, 15) is 0 Å². The van der Waals surface area contributed by atoms with E-state index < -0.39 is 0 Å². The van der Waals surface area contributed by atoms with Crippen molar-refractivity contribution in [3.05, 3.63) is 42.2 Å². The number of ether oxygens (including phenoxy) is 1. The Labute approximate surface area is 84.0 Å². The van der Waals surface area contributed by atoms with Crippen molar-refractivity contribution < 1.29 is 9.84 Å². The Morgan fingerprint density at radius 2 is 2.36 bits per heavy atom. The molecular weight excluding hydrogens is 178 g/mol. The van der Waals surface area contributed by atoms with Crippen molar-refractivity contribution in [2.75, 3.05) is 13.7 Å². The van der Waals surface area contributed by atoms with Gasteiger partial charge in [0.05, 0.1) is 0 Å². The molecule has 0 heterocycles. The molecule has 0 saturated heterocycles. The SMILES string of the molecule is C=C(O)COc1cccc(CNC)c1. The first-order valence-electron chi connectivity index (χ1n) is 4.45. The van der Waals surface area contributed by atoms with Gasteiger partial charge in [-0.25, -0.2) is 0 Å². The number of aliphatic hydroxyl groups is 1. The highest BCUT2D eigenvalue weighted by Gasteiger charge is 1.96. The van der Waals surface area contributed by atoms with E-state index in [0.717, 1.165) is 17.9 Å². The first-order valence-corrected chi connectivity index (χ1v) is 4.45. The molecule has 0 atom stereocenters. The Morgan fingerprint density at radius 1 is 1.57 bits per heavy atom. The molecule has 0 radical (unpaired) electrons. The molecule has 0 aliphatic heterocycles. The van der Waals surface area contributed by atoms with E-state index in [0.29, 0.717) is 0 Å². The molecule has 3 nitrogen and oxygen atoms in total. The molecule has 0 fully saturated rings. The fourth-order valence-corrected chi connectivity index (χ4v) is 1.12. The lowest BCUT2D eigenvalue weighted by Crippen LogP contribution is -2.05. The summed E-state index contributed by atoms with van der Waals surface area (Å²) < 4.78 is 5.28. The van der Waals surface area contributed by atoms with Crippen LogP contribution in [-0.4, -0.2) is 18.8 Å². The van der Waals surface area contributed by atoms with Gasteiger partial charge >= 0.3 is 0 Å². The molecule has 0 aromatic heterocycles. The van der Waals surface area contributed by atoms with E-state index in [4.69, 9.17) is 9.84 Å². The topological polar surface area (TPSA) is 41.5 Å². The minimum atomic E-state index is 0.0315. The minimum Gasteiger partial charge on any atom is -0.509 e. The molecule has 0 aliphatic carbocycles. The van der Waals surface area contributed by atoms with Crippen LogP contribution in [0.25, 0.3) is 0 Å². The third kappa shape index (κ3) is 3.49. The van der Waals surface area contributed by atoms with Gasteiger partial charge in [-0.3, -0.25) is 0 Å². The van der Waals surface area contributed by atoms with Gasteiger partial charge in [-0.1, -0.05) is 18.7 Å². The number of hydrogen-bond donors (Lipinski definition) is 2. The molecule has 14 heavy (non-hydrogen) atoms. The summed E-state index contributed by atoms with van der Waals surface area (Å²) in [6.07, 6.45) is 0. The largest absolute Gasteiger partial charge is 0.509 e. The van der Waals surface area contributed by atoms with E-state index in [-0.39, 0.29) is 12.4 Å². The van der Waals surface area contributed by atoms with Crippen LogP contribution in [0.2, 0.25) is 0 Å². The summed E-state index contributed by atoms with van der Waals surface area (Å²) in [5, 5.41) is 11.9. The van der Waals surface area contributed by atoms with Crippen LogP contribution in [-0.2, 0) is 6.54 Å². The van der Waals surface area contributed by atoms with Crippen LogP contribution in [0.1, 0.15) is 5.56 Å². The van der Waals surface area contributed by atoms with E-state index in [1.807, 2.05) is 31.3 Å². The average molecular weight is 193 g/mol. The molecule has 1 aromatic carbocycles. The predicted octanol–water partition coefficient (Wildman–Crippen LogP) is 1.86. The van der Waals surface area contributed by atoms with Gasteiger partial charge in [0.1, 0.15) is 18.1 Å². The van der Waals surface area contributed by atoms with Gasteiger partial charge in [-0.15, -0.1) is 0 Å². The first-order chi connectivity index (χ1) is 6.72. The number of hydrogen-bond acceptors (Lipinski definition) is 3. The first kappa shape index (κ1) is 10.6. The molecule has 76 valence electrons. The molecule has 0 spiro atoms. The maximum atomic E-state index is 8.85. The molecule has 0 saturated carbocycles. The van der Waals surface area contributed by atoms with Crippen LogP contribution in [0, 0.1) is 0 Å². The fraction of sp³-hybridized carbons (Fsp3) is 0.273. The van der Waals surface area contributed by atoms with E-state index in [2.05, 4.69) is 11.9 Å². The molecule has 0 bridgehead atoms. The molecule has 1 aromatic rings. The molecule has 3 heteroatoms. The van der Waals surface area contributed by atoms with Crippen molar-refractivity contribution >= 4 is 0 Å². The summed E-state index contributed by atoms with van der Waals surface area (Å²) in [5.41, 5.74) is 1.15. The number of rotatable bonds is 5. The summed E-state index contributed by atoms with van der Waals surface area (Å²) in [6.45, 7) is 4.29. The van der Waals surface area contributed by atoms with Crippen LogP contribution < -0.4 is 10.1 Å². The Kier molecular flexibility index (Phi) is 4.01. The summed E-state index contributed by atoms with van der Waals surface area (Å²) in [7, 11) is 1.89. The molecule has 2 N–H and O–H groups in total. The van der Waals surface area contributed by atoms with E-state index in [1.54, 1.807) is 0 Å². The van der Waals surface area contributed by atoms with Crippen LogP contribution in [0.3, 0.4) is 0 Å². The van der Waals surface area contributed by atoms with Gasteiger partial charge in [0.15, 0.2) is 0 Å². The number of aliphatic hydroxyl groups excluding tert-OH is 1. The molecule has 0 amide bonds. The highest BCUT2D eigenvalue weighted by Crippen LogP contribution is 2.13. The van der Waals surface area contributed by atoms with Gasteiger partial charge in [0.2, 0.25) is 0 Å². The number of benzene rings is 1. The average Bonchev–Trinajstić information content (AvgIpc) is 2.16. The molecule has 0 unspecified atom stereocenters. The third-order valence-electron chi connectivity index (χ3n) is 1.68. The maximum Gasteiger partial charge on any atom is 0.144 e. The van der Waals surface area contributed by atoms with Crippen LogP contribution in [0.4, 0.5) is 0 Å². The van der Waals surface area contributed by atoms with Crippen molar-refractivity contribution in [2.45, 2.75) is 6.54 Å². The van der Waals surface area contributed by atoms with Crippen molar-refractivity contribution in [1.82, 2.24) is 5.32 Å². The summed E-state index contributed by atoms with van der Waals surface area (Å²) in [5.74, 6) is 0.775. The van der Waals surface area contributed by atoms with Gasteiger partial charge < -0.3 is 15.2 Å². The second-order valence-corrected chi connectivity index (χ2v) is 3.03. The third-order valence-corrected chi connectivity index (χ3v) is 1.68. The Bertz CT molecular complexity index is 310. The highest BCUT2D eigenvalue weighted by atomic mass is 16.5. The van der Waals surface area contributed by atoms with Crippen molar-refractivity contribution in [3.63, 3.8) is 0 Å². The monoisotopic (exact) mass is 193 g/mol. The van der Waals surface area contributed by atoms with Crippen LogP contribution in [0.15, 0.2) is 36.6 Å². The Balaban J connectivity index is 2.58. The molecule has 1 rings (SSSR count). The standard InChI is InChI=1S/C11H15NO2/c1-9(13)8-14-11-5-3-4-10(6-11)7-12-2/h3-6,12-13H,1,7-8H2,2H3. The lowest BCUT2D eigenvalue weighted by Gasteiger charge is -2.06. The van der Waals surface area contributed by atoms with Crippen molar-refractivity contribution in [1.29, 1.82) is 0 Å². The van der Waals surface area contributed by atoms with Gasteiger partial charge in [0, 0.05) is 6.54 Å². The Hall–Kier alpha value is -1.48. The second kappa shape index (κ2) is 5.29. The quantitative estimate of drug-likeness (QED) is 0.701. The zero-order valence-electron chi connectivity index (χ0n) is 8.29. The van der Waals surface area contributed by atoms with E-state index in [1.165, 1.54) is 0 Å². The summed E-state index contributed by atoms with van der Waals surface area (Å²) in [4.78, 5) is 0. The smallest absolute Gasteiger partial charge is 0.144 e. The molecular formula is C11H15NO2. The predicted molar refractivity (Wildman–Crippen MR) is 56.5 cm³/mol. The summed E-state index contributed by atoms with van der Waals surface area (Å²) in [6, 6.07) is 7.71. The van der Waals surface area contributed by atoms with Crippen molar-refractivity contribution in [2.24, 2.45) is 0 Å². The fourth-order valence-electron chi connectivity index (χ4n) is 1.12. The summed E-state index contributed by atoms with van der Waals surface area (Å²) >= 11 is 0. The lowest BCUT2D eigenvalue weighted by atomic mass is 10.2. The highest BCUT2D eigenvalue weighted by molar-refractivity contribution is 5.28. The van der Waals surface area contributed by atoms with Gasteiger partial charge in [-0.2, -0.15) is 0 Å². The van der Waals surface area contributed by atoms with Crippen molar-refractivity contribution in [3.8, 4) is 5.75 Å². The normalized spacial score (nSPS) is 9.79. The second-order valence-electron chi connectivity index (χ2n) is 3.03. The van der Waals surface area contributed by atoms with Crippen LogP contribution >= 0.6 is 0 Å². The molecule has 0 aliphatic rings. The number of nitrogens with one attached hydrogen (secondary N) is 1. The lowest BCUT2D eigenvalue weighted by molar-refractivity contribution is 0.272. The maximum absolute atomic E-state index is 8.85. The van der Waals surface area contributed by atoms with Crippen LogP contribution in [0.5, 0.6) is 5.75 Å². The van der Waals surface area contributed by atoms with E-state index >= 15 is 0 Å². The Morgan fingerprint density at radius 3 is 3.00 bits per heavy atom. The van der Waals surface area contributed by atoms with Gasteiger partial charge in [-0.05, 0) is 24.7 Å². The zero-order valence-corrected chi connectivity index (χ0v) is 8.29. The minimum absolute atomic E-state index is 0.0315. The zero-order chi connectivity index (χ0) is 10.4. The van der Waals surface area contributed by atoms with Gasteiger partial charge in [0.25, 0.3) is 0 Å².